The highest BCUT2D eigenvalue weighted by Gasteiger charge is 2.18. The zero-order valence-corrected chi connectivity index (χ0v) is 11.1. The second kappa shape index (κ2) is 4.53. The predicted molar refractivity (Wildman–Crippen MR) is 67.9 cm³/mol. The van der Waals surface area contributed by atoms with E-state index in [1.807, 2.05) is 6.07 Å². The molecule has 5 heteroatoms. The molecule has 1 N–H and O–H groups in total. The van der Waals surface area contributed by atoms with Crippen LogP contribution in [-0.2, 0) is 10.2 Å². The van der Waals surface area contributed by atoms with Crippen LogP contribution in [0.2, 0.25) is 0 Å². The van der Waals surface area contributed by atoms with Gasteiger partial charge in [-0.3, -0.25) is 4.79 Å². The normalized spacial score (nSPS) is 13.7. The van der Waals surface area contributed by atoms with Gasteiger partial charge < -0.3 is 5.32 Å². The lowest BCUT2D eigenvalue weighted by Gasteiger charge is -2.14. The number of thiol groups is 1. The highest BCUT2D eigenvalue weighted by atomic mass is 32.1. The van der Waals surface area contributed by atoms with Gasteiger partial charge in [-0.25, -0.2) is 0 Å². The Hall–Kier alpha value is -0.550. The highest BCUT2D eigenvalue weighted by Crippen LogP contribution is 2.28. The first kappa shape index (κ1) is 12.5. The Morgan fingerprint density at radius 3 is 2.60 bits per heavy atom. The molecule has 1 atom stereocenters. The summed E-state index contributed by atoms with van der Waals surface area (Å²) < 4.78 is 4.18. The third-order valence-electron chi connectivity index (χ3n) is 1.88. The van der Waals surface area contributed by atoms with Gasteiger partial charge in [0.2, 0.25) is 5.91 Å². The van der Waals surface area contributed by atoms with Crippen LogP contribution >= 0.6 is 24.2 Å². The zero-order valence-electron chi connectivity index (χ0n) is 9.37. The largest absolute Gasteiger partial charge is 0.309 e. The number of anilines is 1. The van der Waals surface area contributed by atoms with Crippen LogP contribution in [0.15, 0.2) is 6.07 Å². The van der Waals surface area contributed by atoms with Gasteiger partial charge in [0.15, 0.2) is 0 Å². The number of hydrogen-bond acceptors (Lipinski definition) is 4. The first-order valence-corrected chi connectivity index (χ1v) is 6.06. The molecule has 0 aliphatic heterocycles. The molecule has 0 aromatic carbocycles. The summed E-state index contributed by atoms with van der Waals surface area (Å²) in [6.45, 7) is 8.09. The molecule has 0 fully saturated rings. The third kappa shape index (κ3) is 3.50. The highest BCUT2D eigenvalue weighted by molar-refractivity contribution is 7.81. The van der Waals surface area contributed by atoms with E-state index < -0.39 is 0 Å². The Morgan fingerprint density at radius 2 is 2.20 bits per heavy atom. The molecule has 0 bridgehead atoms. The maximum atomic E-state index is 11.3. The fraction of sp³-hybridized carbons (Fsp3) is 0.600. The minimum Gasteiger partial charge on any atom is -0.309 e. The van der Waals surface area contributed by atoms with E-state index in [-0.39, 0.29) is 16.6 Å². The molecule has 0 radical (unpaired) electrons. The molecule has 1 heterocycles. The number of amides is 1. The number of carbonyl (C=O) groups is 1. The van der Waals surface area contributed by atoms with Crippen LogP contribution < -0.4 is 5.32 Å². The molecule has 3 nitrogen and oxygen atoms in total. The Morgan fingerprint density at radius 1 is 1.60 bits per heavy atom. The summed E-state index contributed by atoms with van der Waals surface area (Å²) in [5.74, 6) is 0.500. The maximum absolute atomic E-state index is 11.3. The van der Waals surface area contributed by atoms with Crippen LogP contribution in [0.25, 0.3) is 0 Å². The molecule has 1 unspecified atom stereocenters. The van der Waals surface area contributed by atoms with E-state index in [0.29, 0.717) is 5.82 Å². The van der Waals surface area contributed by atoms with Crippen LogP contribution in [0.5, 0.6) is 0 Å². The summed E-state index contributed by atoms with van der Waals surface area (Å²) in [6, 6.07) is 1.92. The molecule has 1 aromatic heterocycles. The Kier molecular flexibility index (Phi) is 3.78. The van der Waals surface area contributed by atoms with Gasteiger partial charge in [0.05, 0.1) is 5.25 Å². The lowest BCUT2D eigenvalue weighted by atomic mass is 9.95. The number of hydrogen-bond donors (Lipinski definition) is 2. The Labute approximate surface area is 99.9 Å². The second-order valence-electron chi connectivity index (χ2n) is 4.49. The first-order chi connectivity index (χ1) is 6.80. The monoisotopic (exact) mass is 244 g/mol. The van der Waals surface area contributed by atoms with Crippen molar-refractivity contribution >= 4 is 35.9 Å². The van der Waals surface area contributed by atoms with E-state index in [4.69, 9.17) is 0 Å². The summed E-state index contributed by atoms with van der Waals surface area (Å²) in [7, 11) is 0. The fourth-order valence-electron chi connectivity index (χ4n) is 0.918. The van der Waals surface area contributed by atoms with Crippen LogP contribution in [0.3, 0.4) is 0 Å². The van der Waals surface area contributed by atoms with Crippen molar-refractivity contribution in [2.75, 3.05) is 5.32 Å². The van der Waals surface area contributed by atoms with Crippen molar-refractivity contribution in [2.24, 2.45) is 0 Å². The van der Waals surface area contributed by atoms with Crippen molar-refractivity contribution in [1.82, 2.24) is 4.37 Å². The standard InChI is InChI=1S/C10H16N2OS2/c1-6(14)9(13)11-8-5-7(15-12-8)10(2,3)4/h5-6,14H,1-4H3,(H,11,12,13). The molecule has 1 amide bonds. The molecule has 15 heavy (non-hydrogen) atoms. The van der Waals surface area contributed by atoms with E-state index in [1.165, 1.54) is 11.5 Å². The number of carbonyl (C=O) groups excluding carboxylic acids is 1. The van der Waals surface area contributed by atoms with Crippen molar-refractivity contribution < 1.29 is 4.79 Å². The second-order valence-corrected chi connectivity index (χ2v) is 6.07. The van der Waals surface area contributed by atoms with Crippen molar-refractivity contribution in [3.05, 3.63) is 10.9 Å². The number of aromatic nitrogens is 1. The van der Waals surface area contributed by atoms with E-state index in [1.54, 1.807) is 6.92 Å². The van der Waals surface area contributed by atoms with Crippen molar-refractivity contribution in [2.45, 2.75) is 38.4 Å². The van der Waals surface area contributed by atoms with Gasteiger partial charge in [-0.15, -0.1) is 0 Å². The minimum atomic E-state index is -0.315. The molecule has 1 rings (SSSR count). The van der Waals surface area contributed by atoms with E-state index >= 15 is 0 Å². The molecule has 1 aromatic rings. The molecule has 0 saturated carbocycles. The quantitative estimate of drug-likeness (QED) is 0.785. The molecule has 0 aliphatic carbocycles. The molecular weight excluding hydrogens is 228 g/mol. The van der Waals surface area contributed by atoms with Gasteiger partial charge in [0.1, 0.15) is 5.82 Å². The van der Waals surface area contributed by atoms with Gasteiger partial charge in [0.25, 0.3) is 0 Å². The Balaban J connectivity index is 2.73. The smallest absolute Gasteiger partial charge is 0.238 e. The maximum Gasteiger partial charge on any atom is 0.238 e. The average Bonchev–Trinajstić information content (AvgIpc) is 2.51. The third-order valence-corrected chi connectivity index (χ3v) is 3.33. The van der Waals surface area contributed by atoms with Crippen LogP contribution in [0.4, 0.5) is 5.82 Å². The SMILES string of the molecule is CC(S)C(=O)Nc1cc(C(C)(C)C)sn1. The van der Waals surface area contributed by atoms with Crippen LogP contribution in [-0.4, -0.2) is 15.5 Å². The van der Waals surface area contributed by atoms with Gasteiger partial charge >= 0.3 is 0 Å². The summed E-state index contributed by atoms with van der Waals surface area (Å²) in [5, 5.41) is 2.40. The van der Waals surface area contributed by atoms with E-state index in [9.17, 15) is 4.79 Å². The molecular formula is C10H16N2OS2. The molecule has 0 aliphatic rings. The van der Waals surface area contributed by atoms with Crippen molar-refractivity contribution in [3.63, 3.8) is 0 Å². The predicted octanol–water partition coefficient (Wildman–Crippen LogP) is 2.70. The van der Waals surface area contributed by atoms with Crippen molar-refractivity contribution in [1.29, 1.82) is 0 Å². The molecule has 84 valence electrons. The van der Waals surface area contributed by atoms with Gasteiger partial charge in [-0.2, -0.15) is 17.0 Å². The summed E-state index contributed by atoms with van der Waals surface area (Å²) in [4.78, 5) is 12.5. The lowest BCUT2D eigenvalue weighted by Crippen LogP contribution is -2.20. The van der Waals surface area contributed by atoms with Gasteiger partial charge in [0, 0.05) is 4.88 Å². The fourth-order valence-corrected chi connectivity index (χ4v) is 1.72. The summed E-state index contributed by atoms with van der Waals surface area (Å²) in [6.07, 6.45) is 0. The first-order valence-electron chi connectivity index (χ1n) is 4.77. The van der Waals surface area contributed by atoms with Crippen molar-refractivity contribution in [3.8, 4) is 0 Å². The van der Waals surface area contributed by atoms with Gasteiger partial charge in [-0.05, 0) is 29.9 Å². The number of nitrogens with zero attached hydrogens (tertiary/aromatic N) is 1. The zero-order chi connectivity index (χ0) is 11.6. The van der Waals surface area contributed by atoms with E-state index in [2.05, 4.69) is 43.1 Å². The average molecular weight is 244 g/mol. The lowest BCUT2D eigenvalue weighted by molar-refractivity contribution is -0.115. The van der Waals surface area contributed by atoms with E-state index in [0.717, 1.165) is 4.88 Å². The molecule has 0 saturated heterocycles. The Bertz CT molecular complexity index is 353. The topological polar surface area (TPSA) is 42.0 Å². The van der Waals surface area contributed by atoms with Gasteiger partial charge in [-0.1, -0.05) is 20.8 Å². The number of nitrogens with one attached hydrogen (secondary N) is 1. The summed E-state index contributed by atoms with van der Waals surface area (Å²) >= 11 is 5.47. The number of rotatable bonds is 2. The van der Waals surface area contributed by atoms with Crippen LogP contribution in [0.1, 0.15) is 32.6 Å². The molecule has 0 spiro atoms. The van der Waals surface area contributed by atoms with Crippen LogP contribution in [0, 0.1) is 0 Å². The summed E-state index contributed by atoms with van der Waals surface area (Å²) in [5.41, 5.74) is 0.0766. The minimum absolute atomic E-state index is 0.0766.